The molecule has 6 heteroatoms. The van der Waals surface area contributed by atoms with E-state index in [2.05, 4.69) is 134 Å². The fourth-order valence-electron chi connectivity index (χ4n) is 7.23. The van der Waals surface area contributed by atoms with E-state index in [1.165, 1.54) is 11.1 Å². The van der Waals surface area contributed by atoms with Crippen LogP contribution in [0.2, 0.25) is 0 Å². The van der Waals surface area contributed by atoms with Crippen LogP contribution in [0.1, 0.15) is 44.4 Å². The summed E-state index contributed by atoms with van der Waals surface area (Å²) in [4.78, 5) is 24.5. The monoisotopic (exact) mass is 718 g/mol. The van der Waals surface area contributed by atoms with Crippen LogP contribution in [-0.2, 0) is 0 Å². The minimum atomic E-state index is 0.785. The van der Waals surface area contributed by atoms with E-state index in [1.54, 1.807) is 0 Å². The Morgan fingerprint density at radius 2 is 0.800 bits per heavy atom. The van der Waals surface area contributed by atoms with Crippen molar-refractivity contribution in [3.8, 4) is 0 Å². The van der Waals surface area contributed by atoms with Gasteiger partial charge in [0.15, 0.2) is 0 Å². The maximum Gasteiger partial charge on any atom is 0.146 e. The van der Waals surface area contributed by atoms with E-state index in [4.69, 9.17) is 19.9 Å². The first-order valence-electron chi connectivity index (χ1n) is 19.1. The number of aromatic nitrogens is 4. The topological polar surface area (TPSA) is 58.0 Å². The number of pyridine rings is 4. The lowest BCUT2D eigenvalue weighted by Gasteiger charge is -2.32. The molecule has 6 nitrogen and oxygen atoms in total. The molecule has 9 aromatic rings. The molecule has 0 spiro atoms. The van der Waals surface area contributed by atoms with Crippen LogP contribution >= 0.6 is 0 Å². The van der Waals surface area contributed by atoms with Crippen LogP contribution in [0.3, 0.4) is 0 Å². The molecule has 4 aromatic heterocycles. The second-order valence-electron chi connectivity index (χ2n) is 13.0. The van der Waals surface area contributed by atoms with E-state index in [1.807, 2.05) is 76.7 Å². The number of aryl methyl sites for hydroxylation is 3. The third kappa shape index (κ3) is 6.72. The lowest BCUT2D eigenvalue weighted by atomic mass is 9.92. The molecule has 0 bridgehead atoms. The lowest BCUT2D eigenvalue weighted by molar-refractivity contribution is 1.14. The van der Waals surface area contributed by atoms with Crippen LogP contribution in [-0.4, -0.2) is 19.9 Å². The number of hydrogen-bond acceptors (Lipinski definition) is 6. The highest BCUT2D eigenvalue weighted by Gasteiger charge is 2.29. The lowest BCUT2D eigenvalue weighted by Crippen LogP contribution is -2.17. The first kappa shape index (κ1) is 36.7. The van der Waals surface area contributed by atoms with Crippen molar-refractivity contribution in [1.82, 2.24) is 19.9 Å². The molecular formula is C49H46N6. The first-order chi connectivity index (χ1) is 27.1. The predicted molar refractivity (Wildman–Crippen MR) is 234 cm³/mol. The average Bonchev–Trinajstić information content (AvgIpc) is 3.25. The highest BCUT2D eigenvalue weighted by molar-refractivity contribution is 6.24. The molecule has 0 radical (unpaired) electrons. The van der Waals surface area contributed by atoms with Gasteiger partial charge in [-0.15, -0.1) is 0 Å². The van der Waals surface area contributed by atoms with Gasteiger partial charge in [0.2, 0.25) is 0 Å². The summed E-state index contributed by atoms with van der Waals surface area (Å²) < 4.78 is 0. The zero-order valence-corrected chi connectivity index (χ0v) is 32.6. The smallest absolute Gasteiger partial charge is 0.146 e. The average molecular weight is 719 g/mol. The molecule has 272 valence electrons. The van der Waals surface area contributed by atoms with Crippen molar-refractivity contribution < 1.29 is 0 Å². The molecule has 0 amide bonds. The van der Waals surface area contributed by atoms with Crippen LogP contribution in [0.15, 0.2) is 152 Å². The summed E-state index contributed by atoms with van der Waals surface area (Å²) >= 11 is 0. The van der Waals surface area contributed by atoms with Crippen molar-refractivity contribution >= 4 is 77.7 Å². The van der Waals surface area contributed by atoms with E-state index in [0.29, 0.717) is 0 Å². The van der Waals surface area contributed by atoms with Gasteiger partial charge in [0.05, 0.1) is 11.4 Å². The van der Waals surface area contributed by atoms with Gasteiger partial charge in [0.1, 0.15) is 23.3 Å². The number of benzene rings is 5. The zero-order valence-electron chi connectivity index (χ0n) is 32.6. The minimum absolute atomic E-state index is 0.785. The summed E-state index contributed by atoms with van der Waals surface area (Å²) in [7, 11) is 0. The SMILES string of the molecule is CC.CC.Cc1ccc2c(N(c3ccccn3)c3nccc4ccccc34)c3cc(C)c(C)cc3c(N(c3ccccn3)c3nccc4ccccc34)c2c1. The Kier molecular flexibility index (Phi) is 10.8. The highest BCUT2D eigenvalue weighted by Crippen LogP contribution is 2.52. The zero-order chi connectivity index (χ0) is 38.5. The van der Waals surface area contributed by atoms with Crippen molar-refractivity contribution in [2.24, 2.45) is 0 Å². The molecule has 0 aliphatic carbocycles. The van der Waals surface area contributed by atoms with Gasteiger partial charge in [-0.05, 0) is 97.3 Å². The van der Waals surface area contributed by atoms with E-state index >= 15 is 0 Å². The van der Waals surface area contributed by atoms with Gasteiger partial charge in [-0.2, -0.15) is 0 Å². The molecule has 0 N–H and O–H groups in total. The Balaban J connectivity index is 0.00000113. The second kappa shape index (κ2) is 16.1. The van der Waals surface area contributed by atoms with E-state index < -0.39 is 0 Å². The molecule has 0 fully saturated rings. The molecule has 0 saturated carbocycles. The third-order valence-electron chi connectivity index (χ3n) is 9.76. The Labute approximate surface area is 323 Å². The van der Waals surface area contributed by atoms with Crippen molar-refractivity contribution in [3.63, 3.8) is 0 Å². The van der Waals surface area contributed by atoms with Crippen LogP contribution in [0, 0.1) is 20.8 Å². The molecule has 9 rings (SSSR count). The van der Waals surface area contributed by atoms with Crippen molar-refractivity contribution in [3.05, 3.63) is 169 Å². The maximum atomic E-state index is 5.08. The maximum absolute atomic E-state index is 5.08. The predicted octanol–water partition coefficient (Wildman–Crippen LogP) is 13.8. The Hall–Kier alpha value is -6.66. The van der Waals surface area contributed by atoms with Gasteiger partial charge in [-0.3, -0.25) is 9.80 Å². The molecule has 0 unspecified atom stereocenters. The van der Waals surface area contributed by atoms with Crippen molar-refractivity contribution in [2.75, 3.05) is 9.80 Å². The largest absolute Gasteiger partial charge is 0.277 e. The number of fused-ring (bicyclic) bond motifs is 4. The van der Waals surface area contributed by atoms with Gasteiger partial charge < -0.3 is 0 Å². The van der Waals surface area contributed by atoms with Gasteiger partial charge in [0, 0.05) is 57.1 Å². The number of hydrogen-bond donors (Lipinski definition) is 0. The molecule has 0 aliphatic rings. The molecule has 0 saturated heterocycles. The first-order valence-corrected chi connectivity index (χ1v) is 19.1. The Morgan fingerprint density at radius 1 is 0.364 bits per heavy atom. The number of rotatable bonds is 6. The van der Waals surface area contributed by atoms with Crippen LogP contribution < -0.4 is 9.80 Å². The van der Waals surface area contributed by atoms with E-state index in [9.17, 15) is 0 Å². The normalized spacial score (nSPS) is 10.8. The molecule has 0 aliphatic heterocycles. The quantitative estimate of drug-likeness (QED) is 0.126. The fraction of sp³-hybridized carbons (Fsp3) is 0.143. The summed E-state index contributed by atoms with van der Waals surface area (Å²) in [5, 5.41) is 8.60. The third-order valence-corrected chi connectivity index (χ3v) is 9.76. The number of anilines is 6. The van der Waals surface area contributed by atoms with E-state index in [0.717, 1.165) is 83.3 Å². The standard InChI is InChI=1S/C45H34N6.2C2H6/c1-29-18-19-36-37(26-29)43(51(41-17-9-11-23-47-41)45-35-15-7-5-13-33(35)21-25-49-45)39-28-31(3)30(2)27-38(39)42(36)50(40-16-8-10-22-46-40)44-34-14-6-4-12-32(34)20-24-48-44;2*1-2/h4-28H,1-3H3;2*1-2H3. The van der Waals surface area contributed by atoms with Crippen LogP contribution in [0.4, 0.5) is 34.6 Å². The molecule has 0 atom stereocenters. The van der Waals surface area contributed by atoms with Gasteiger partial charge in [-0.25, -0.2) is 19.9 Å². The summed E-state index contributed by atoms with van der Waals surface area (Å²) in [5.41, 5.74) is 5.57. The highest BCUT2D eigenvalue weighted by atomic mass is 15.3. The van der Waals surface area contributed by atoms with Crippen LogP contribution in [0.25, 0.3) is 43.1 Å². The summed E-state index contributed by atoms with van der Waals surface area (Å²) in [6, 6.07) is 44.4. The summed E-state index contributed by atoms with van der Waals surface area (Å²) in [6.45, 7) is 14.5. The molecule has 5 aromatic carbocycles. The van der Waals surface area contributed by atoms with Crippen LogP contribution in [0.5, 0.6) is 0 Å². The Bertz CT molecular complexity index is 2730. The van der Waals surface area contributed by atoms with Crippen molar-refractivity contribution in [1.29, 1.82) is 0 Å². The summed E-state index contributed by atoms with van der Waals surface area (Å²) in [6.07, 6.45) is 7.48. The summed E-state index contributed by atoms with van der Waals surface area (Å²) in [5.74, 6) is 3.21. The molecular weight excluding hydrogens is 673 g/mol. The molecule has 55 heavy (non-hydrogen) atoms. The van der Waals surface area contributed by atoms with Crippen molar-refractivity contribution in [2.45, 2.75) is 48.5 Å². The van der Waals surface area contributed by atoms with Gasteiger partial charge in [-0.1, -0.05) is 106 Å². The molecule has 4 heterocycles. The second-order valence-corrected chi connectivity index (χ2v) is 13.0. The fourth-order valence-corrected chi connectivity index (χ4v) is 7.23. The minimum Gasteiger partial charge on any atom is -0.277 e. The Morgan fingerprint density at radius 3 is 1.27 bits per heavy atom. The van der Waals surface area contributed by atoms with E-state index in [-0.39, 0.29) is 0 Å². The van der Waals surface area contributed by atoms with Gasteiger partial charge >= 0.3 is 0 Å². The van der Waals surface area contributed by atoms with Gasteiger partial charge in [0.25, 0.3) is 0 Å². The number of nitrogens with zero attached hydrogens (tertiary/aromatic N) is 6.